The first-order valence-electron chi connectivity index (χ1n) is 9.80. The van der Waals surface area contributed by atoms with E-state index in [0.29, 0.717) is 19.6 Å². The Labute approximate surface area is 169 Å². The van der Waals surface area contributed by atoms with E-state index in [2.05, 4.69) is 10.6 Å². The van der Waals surface area contributed by atoms with Crippen LogP contribution in [0.15, 0.2) is 48.5 Å². The van der Waals surface area contributed by atoms with Gasteiger partial charge in [0, 0.05) is 31.7 Å². The van der Waals surface area contributed by atoms with Crippen molar-refractivity contribution in [2.24, 2.45) is 0 Å². The highest BCUT2D eigenvalue weighted by Crippen LogP contribution is 2.18. The Morgan fingerprint density at radius 2 is 1.93 bits per heavy atom. The summed E-state index contributed by atoms with van der Waals surface area (Å²) < 4.78 is 27.5. The molecule has 1 fully saturated rings. The zero-order chi connectivity index (χ0) is 20.6. The highest BCUT2D eigenvalue weighted by atomic mass is 19.2. The first-order valence-corrected chi connectivity index (χ1v) is 9.80. The molecular formula is C22H25F2N3O2. The van der Waals surface area contributed by atoms with E-state index >= 15 is 0 Å². The van der Waals surface area contributed by atoms with Crippen molar-refractivity contribution in [3.05, 3.63) is 71.3 Å². The van der Waals surface area contributed by atoms with Crippen molar-refractivity contribution in [2.45, 2.75) is 31.8 Å². The van der Waals surface area contributed by atoms with Crippen LogP contribution in [0.2, 0.25) is 0 Å². The molecule has 0 aliphatic carbocycles. The average Bonchev–Trinajstić information content (AvgIpc) is 2.72. The number of carbonyl (C=O) groups excluding carboxylic acids is 2. The standard InChI is InChI=1S/C22H25F2N3O2/c23-18-10-4-9-17(21(18)24)15-27-13-12-26-22(29)19(27)14-20(28)25-11-5-8-16-6-2-1-3-7-16/h1-4,6-7,9-10,19H,5,8,11-15H2,(H,25,28)(H,26,29). The first kappa shape index (κ1) is 20.9. The topological polar surface area (TPSA) is 61.4 Å². The number of hydrogen-bond donors (Lipinski definition) is 2. The number of benzene rings is 2. The molecule has 2 aromatic rings. The van der Waals surface area contributed by atoms with E-state index in [4.69, 9.17) is 0 Å². The minimum atomic E-state index is -0.920. The van der Waals surface area contributed by atoms with Crippen LogP contribution in [-0.2, 0) is 22.6 Å². The molecule has 2 N–H and O–H groups in total. The lowest BCUT2D eigenvalue weighted by atomic mass is 10.1. The number of amides is 2. The molecule has 0 saturated carbocycles. The van der Waals surface area contributed by atoms with Gasteiger partial charge in [-0.3, -0.25) is 14.5 Å². The van der Waals surface area contributed by atoms with E-state index in [0.717, 1.165) is 18.9 Å². The predicted octanol–water partition coefficient (Wildman–Crippen LogP) is 2.40. The normalized spacial score (nSPS) is 17.0. The van der Waals surface area contributed by atoms with Gasteiger partial charge in [-0.1, -0.05) is 42.5 Å². The Morgan fingerprint density at radius 1 is 1.14 bits per heavy atom. The lowest BCUT2D eigenvalue weighted by Gasteiger charge is -2.34. The molecule has 1 unspecified atom stereocenters. The van der Waals surface area contributed by atoms with Gasteiger partial charge in [0.2, 0.25) is 11.8 Å². The zero-order valence-electron chi connectivity index (χ0n) is 16.2. The quantitative estimate of drug-likeness (QED) is 0.668. The second-order valence-electron chi connectivity index (χ2n) is 7.13. The molecule has 2 amide bonds. The lowest BCUT2D eigenvalue weighted by molar-refractivity contribution is -0.134. The highest BCUT2D eigenvalue weighted by Gasteiger charge is 2.32. The predicted molar refractivity (Wildman–Crippen MR) is 106 cm³/mol. The number of nitrogens with one attached hydrogen (secondary N) is 2. The fourth-order valence-electron chi connectivity index (χ4n) is 3.48. The van der Waals surface area contributed by atoms with Gasteiger partial charge < -0.3 is 10.6 Å². The maximum atomic E-state index is 14.0. The zero-order valence-corrected chi connectivity index (χ0v) is 16.2. The summed E-state index contributed by atoms with van der Waals surface area (Å²) in [4.78, 5) is 26.4. The van der Waals surface area contributed by atoms with Crippen molar-refractivity contribution in [2.75, 3.05) is 19.6 Å². The summed E-state index contributed by atoms with van der Waals surface area (Å²) in [6.45, 7) is 1.46. The fraction of sp³-hybridized carbons (Fsp3) is 0.364. The number of carbonyl (C=O) groups is 2. The van der Waals surface area contributed by atoms with E-state index in [1.54, 1.807) is 4.90 Å². The Bertz CT molecular complexity index is 845. The maximum absolute atomic E-state index is 14.0. The van der Waals surface area contributed by atoms with Crippen LogP contribution in [0.3, 0.4) is 0 Å². The van der Waals surface area contributed by atoms with Crippen LogP contribution in [-0.4, -0.2) is 42.4 Å². The molecule has 154 valence electrons. The minimum absolute atomic E-state index is 0.0197. The molecule has 0 spiro atoms. The number of piperazine rings is 1. The summed E-state index contributed by atoms with van der Waals surface area (Å²) in [6.07, 6.45) is 1.63. The van der Waals surface area contributed by atoms with Gasteiger partial charge in [-0.05, 0) is 24.5 Å². The Kier molecular flexibility index (Phi) is 7.30. The molecule has 2 aromatic carbocycles. The van der Waals surface area contributed by atoms with Crippen LogP contribution < -0.4 is 10.6 Å². The number of hydrogen-bond acceptors (Lipinski definition) is 3. The van der Waals surface area contributed by atoms with Crippen LogP contribution in [0.4, 0.5) is 8.78 Å². The van der Waals surface area contributed by atoms with Gasteiger partial charge >= 0.3 is 0 Å². The van der Waals surface area contributed by atoms with Crippen LogP contribution in [0, 0.1) is 11.6 Å². The average molecular weight is 401 g/mol. The molecule has 0 bridgehead atoms. The molecule has 1 aliphatic rings. The van der Waals surface area contributed by atoms with Crippen molar-refractivity contribution in [3.63, 3.8) is 0 Å². The van der Waals surface area contributed by atoms with E-state index < -0.39 is 17.7 Å². The first-order chi connectivity index (χ1) is 14.0. The Hall–Kier alpha value is -2.80. The summed E-state index contributed by atoms with van der Waals surface area (Å²) in [7, 11) is 0. The van der Waals surface area contributed by atoms with Gasteiger partial charge in [-0.2, -0.15) is 0 Å². The van der Waals surface area contributed by atoms with Gasteiger partial charge in [0.05, 0.1) is 12.5 Å². The third kappa shape index (κ3) is 5.84. The summed E-state index contributed by atoms with van der Waals surface area (Å²) in [5.41, 5.74) is 1.38. The number of halogens is 2. The molecule has 1 saturated heterocycles. The summed E-state index contributed by atoms with van der Waals surface area (Å²) >= 11 is 0. The third-order valence-corrected chi connectivity index (χ3v) is 5.03. The molecule has 29 heavy (non-hydrogen) atoms. The number of aryl methyl sites for hydroxylation is 1. The van der Waals surface area contributed by atoms with Gasteiger partial charge in [0.15, 0.2) is 11.6 Å². The molecule has 0 radical (unpaired) electrons. The van der Waals surface area contributed by atoms with Gasteiger partial charge in [0.1, 0.15) is 0 Å². The summed E-state index contributed by atoms with van der Waals surface area (Å²) in [5.74, 6) is -2.34. The van der Waals surface area contributed by atoms with Gasteiger partial charge in [0.25, 0.3) is 0 Å². The van der Waals surface area contributed by atoms with Crippen molar-refractivity contribution in [3.8, 4) is 0 Å². The maximum Gasteiger partial charge on any atom is 0.237 e. The number of rotatable bonds is 8. The van der Waals surface area contributed by atoms with Crippen molar-refractivity contribution < 1.29 is 18.4 Å². The number of nitrogens with zero attached hydrogens (tertiary/aromatic N) is 1. The molecule has 1 heterocycles. The Morgan fingerprint density at radius 3 is 2.72 bits per heavy atom. The molecule has 1 atom stereocenters. The van der Waals surface area contributed by atoms with Crippen LogP contribution in [0.5, 0.6) is 0 Å². The summed E-state index contributed by atoms with van der Waals surface area (Å²) in [5, 5.41) is 5.59. The molecule has 5 nitrogen and oxygen atoms in total. The molecule has 1 aliphatic heterocycles. The van der Waals surface area contributed by atoms with E-state index in [-0.39, 0.29) is 30.3 Å². The van der Waals surface area contributed by atoms with Gasteiger partial charge in [-0.25, -0.2) is 8.78 Å². The lowest BCUT2D eigenvalue weighted by Crippen LogP contribution is -2.56. The highest BCUT2D eigenvalue weighted by molar-refractivity contribution is 5.88. The second-order valence-corrected chi connectivity index (χ2v) is 7.13. The Balaban J connectivity index is 1.52. The van der Waals surface area contributed by atoms with E-state index in [1.165, 1.54) is 17.7 Å². The molecular weight excluding hydrogens is 376 g/mol. The smallest absolute Gasteiger partial charge is 0.237 e. The van der Waals surface area contributed by atoms with E-state index in [1.807, 2.05) is 30.3 Å². The molecule has 7 heteroatoms. The fourth-order valence-corrected chi connectivity index (χ4v) is 3.48. The molecule has 0 aromatic heterocycles. The second kappa shape index (κ2) is 10.1. The van der Waals surface area contributed by atoms with Crippen LogP contribution >= 0.6 is 0 Å². The van der Waals surface area contributed by atoms with Crippen LogP contribution in [0.25, 0.3) is 0 Å². The molecule has 3 rings (SSSR count). The van der Waals surface area contributed by atoms with Crippen LogP contribution in [0.1, 0.15) is 24.0 Å². The van der Waals surface area contributed by atoms with E-state index in [9.17, 15) is 18.4 Å². The summed E-state index contributed by atoms with van der Waals surface area (Å²) in [6, 6.07) is 13.3. The largest absolute Gasteiger partial charge is 0.356 e. The third-order valence-electron chi connectivity index (χ3n) is 5.03. The van der Waals surface area contributed by atoms with Crippen molar-refractivity contribution in [1.82, 2.24) is 15.5 Å². The SMILES string of the molecule is O=C(CC1C(=O)NCCN1Cc1cccc(F)c1F)NCCCc1ccccc1. The van der Waals surface area contributed by atoms with Crippen molar-refractivity contribution >= 4 is 11.8 Å². The van der Waals surface area contributed by atoms with Crippen molar-refractivity contribution in [1.29, 1.82) is 0 Å². The minimum Gasteiger partial charge on any atom is -0.356 e. The monoisotopic (exact) mass is 401 g/mol. The van der Waals surface area contributed by atoms with Gasteiger partial charge in [-0.15, -0.1) is 0 Å².